The van der Waals surface area contributed by atoms with E-state index in [1.54, 1.807) is 0 Å². The van der Waals surface area contributed by atoms with Crippen molar-refractivity contribution < 1.29 is 17.6 Å². The first kappa shape index (κ1) is 16.2. The standard InChI is InChI=1S/C15H20F4N2/c1-20-8-10-21(11-9-20)7-3-5-12-4-2-6-13(14(12)16)15(17,18)19/h2,4,6H,3,5,7-11H2,1H3. The highest BCUT2D eigenvalue weighted by molar-refractivity contribution is 5.28. The summed E-state index contributed by atoms with van der Waals surface area (Å²) in [5, 5.41) is 0. The Hall–Kier alpha value is -1.14. The summed E-state index contributed by atoms with van der Waals surface area (Å²) in [6.07, 6.45) is -3.62. The fourth-order valence-electron chi connectivity index (χ4n) is 2.56. The maximum Gasteiger partial charge on any atom is 0.419 e. The summed E-state index contributed by atoms with van der Waals surface area (Å²) < 4.78 is 51.7. The summed E-state index contributed by atoms with van der Waals surface area (Å²) >= 11 is 0. The molecule has 1 aliphatic heterocycles. The molecule has 0 spiro atoms. The molecular formula is C15H20F4N2. The summed E-state index contributed by atoms with van der Waals surface area (Å²) in [5.74, 6) is -1.12. The molecule has 0 aromatic heterocycles. The van der Waals surface area contributed by atoms with Crippen molar-refractivity contribution in [1.82, 2.24) is 9.80 Å². The number of benzene rings is 1. The molecular weight excluding hydrogens is 284 g/mol. The zero-order valence-electron chi connectivity index (χ0n) is 12.1. The second-order valence-electron chi connectivity index (χ2n) is 5.52. The number of alkyl halides is 3. The smallest absolute Gasteiger partial charge is 0.304 e. The topological polar surface area (TPSA) is 6.48 Å². The number of rotatable bonds is 4. The predicted molar refractivity (Wildman–Crippen MR) is 73.7 cm³/mol. The Morgan fingerprint density at radius 3 is 2.38 bits per heavy atom. The van der Waals surface area contributed by atoms with Crippen molar-refractivity contribution in [2.24, 2.45) is 0 Å². The van der Waals surface area contributed by atoms with Gasteiger partial charge in [-0.15, -0.1) is 0 Å². The number of piperazine rings is 1. The third-order valence-corrected chi connectivity index (χ3v) is 3.90. The minimum absolute atomic E-state index is 0.152. The van der Waals surface area contributed by atoms with Crippen LogP contribution in [0.25, 0.3) is 0 Å². The third kappa shape index (κ3) is 4.41. The van der Waals surface area contributed by atoms with Gasteiger partial charge >= 0.3 is 6.18 Å². The number of halogens is 4. The first-order valence-electron chi connectivity index (χ1n) is 7.13. The van der Waals surface area contributed by atoms with Gasteiger partial charge in [-0.25, -0.2) is 4.39 Å². The van der Waals surface area contributed by atoms with Crippen molar-refractivity contribution in [2.75, 3.05) is 39.8 Å². The van der Waals surface area contributed by atoms with E-state index in [1.165, 1.54) is 12.1 Å². The van der Waals surface area contributed by atoms with Crippen LogP contribution < -0.4 is 0 Å². The van der Waals surface area contributed by atoms with Crippen LogP contribution in [0.4, 0.5) is 17.6 Å². The van der Waals surface area contributed by atoms with E-state index in [0.717, 1.165) is 38.8 Å². The Labute approximate surface area is 122 Å². The highest BCUT2D eigenvalue weighted by Gasteiger charge is 2.34. The molecule has 1 aromatic carbocycles. The monoisotopic (exact) mass is 304 g/mol. The molecule has 0 N–H and O–H groups in total. The lowest BCUT2D eigenvalue weighted by Gasteiger charge is -2.32. The van der Waals surface area contributed by atoms with Crippen LogP contribution in [-0.4, -0.2) is 49.6 Å². The molecule has 6 heteroatoms. The normalized spacial score (nSPS) is 18.1. The molecule has 1 aromatic rings. The van der Waals surface area contributed by atoms with Gasteiger partial charge in [0.25, 0.3) is 0 Å². The molecule has 0 amide bonds. The van der Waals surface area contributed by atoms with Crippen molar-refractivity contribution >= 4 is 0 Å². The Kier molecular flexibility index (Phi) is 5.22. The van der Waals surface area contributed by atoms with Gasteiger partial charge in [-0.3, -0.25) is 0 Å². The van der Waals surface area contributed by atoms with Gasteiger partial charge in [0.2, 0.25) is 0 Å². The Morgan fingerprint density at radius 2 is 1.76 bits per heavy atom. The van der Waals surface area contributed by atoms with Gasteiger partial charge in [0.05, 0.1) is 5.56 Å². The van der Waals surface area contributed by atoms with Crippen LogP contribution in [0, 0.1) is 5.82 Å². The zero-order chi connectivity index (χ0) is 15.5. The molecule has 1 fully saturated rings. The second kappa shape index (κ2) is 6.75. The SMILES string of the molecule is CN1CCN(CCCc2cccc(C(F)(F)F)c2F)CC1. The van der Waals surface area contributed by atoms with Crippen LogP contribution in [0.2, 0.25) is 0 Å². The quantitative estimate of drug-likeness (QED) is 0.789. The molecule has 0 atom stereocenters. The molecule has 1 heterocycles. The maximum absolute atomic E-state index is 13.8. The highest BCUT2D eigenvalue weighted by Crippen LogP contribution is 2.32. The molecule has 0 saturated carbocycles. The van der Waals surface area contributed by atoms with Gasteiger partial charge in [-0.1, -0.05) is 12.1 Å². The molecule has 1 aliphatic rings. The van der Waals surface area contributed by atoms with Gasteiger partial charge in [-0.05, 0) is 38.1 Å². The van der Waals surface area contributed by atoms with Gasteiger partial charge < -0.3 is 9.80 Å². The molecule has 0 aliphatic carbocycles. The minimum atomic E-state index is -4.63. The van der Waals surface area contributed by atoms with E-state index >= 15 is 0 Å². The van der Waals surface area contributed by atoms with Crippen LogP contribution in [0.3, 0.4) is 0 Å². The number of likely N-dealkylation sites (N-methyl/N-ethyl adjacent to an activating group) is 1. The van der Waals surface area contributed by atoms with E-state index in [4.69, 9.17) is 0 Å². The number of aryl methyl sites for hydroxylation is 1. The number of hydrogen-bond donors (Lipinski definition) is 0. The zero-order valence-corrected chi connectivity index (χ0v) is 12.1. The van der Waals surface area contributed by atoms with E-state index in [1.807, 2.05) is 0 Å². The van der Waals surface area contributed by atoms with Crippen molar-refractivity contribution in [3.63, 3.8) is 0 Å². The number of nitrogens with zero attached hydrogens (tertiary/aromatic N) is 2. The summed E-state index contributed by atoms with van der Waals surface area (Å²) in [7, 11) is 2.06. The maximum atomic E-state index is 13.8. The molecule has 0 radical (unpaired) electrons. The molecule has 2 rings (SSSR count). The van der Waals surface area contributed by atoms with Crippen LogP contribution in [0.5, 0.6) is 0 Å². The summed E-state index contributed by atoms with van der Waals surface area (Å²) in [6, 6.07) is 3.50. The highest BCUT2D eigenvalue weighted by atomic mass is 19.4. The fraction of sp³-hybridized carbons (Fsp3) is 0.600. The first-order chi connectivity index (χ1) is 9.88. The van der Waals surface area contributed by atoms with Crippen LogP contribution in [-0.2, 0) is 12.6 Å². The molecule has 1 saturated heterocycles. The molecule has 0 bridgehead atoms. The Morgan fingerprint density at radius 1 is 1.10 bits per heavy atom. The molecule has 21 heavy (non-hydrogen) atoms. The van der Waals surface area contributed by atoms with Crippen LogP contribution in [0.1, 0.15) is 17.5 Å². The van der Waals surface area contributed by atoms with E-state index in [2.05, 4.69) is 16.8 Å². The summed E-state index contributed by atoms with van der Waals surface area (Å²) in [5.41, 5.74) is -1.02. The molecule has 118 valence electrons. The van der Waals surface area contributed by atoms with E-state index < -0.39 is 17.6 Å². The van der Waals surface area contributed by atoms with Crippen molar-refractivity contribution in [2.45, 2.75) is 19.0 Å². The minimum Gasteiger partial charge on any atom is -0.304 e. The van der Waals surface area contributed by atoms with Gasteiger partial charge in [0.1, 0.15) is 5.82 Å². The van der Waals surface area contributed by atoms with Gasteiger partial charge in [0, 0.05) is 26.2 Å². The van der Waals surface area contributed by atoms with Crippen molar-refractivity contribution in [1.29, 1.82) is 0 Å². The van der Waals surface area contributed by atoms with Crippen LogP contribution in [0.15, 0.2) is 18.2 Å². The van der Waals surface area contributed by atoms with Crippen LogP contribution >= 0.6 is 0 Å². The van der Waals surface area contributed by atoms with E-state index in [-0.39, 0.29) is 5.56 Å². The Bertz CT molecular complexity index is 465. The van der Waals surface area contributed by atoms with E-state index in [9.17, 15) is 17.6 Å². The Balaban J connectivity index is 1.89. The van der Waals surface area contributed by atoms with E-state index in [0.29, 0.717) is 12.8 Å². The lowest BCUT2D eigenvalue weighted by molar-refractivity contribution is -0.140. The second-order valence-corrected chi connectivity index (χ2v) is 5.52. The molecule has 2 nitrogen and oxygen atoms in total. The average Bonchev–Trinajstić information content (AvgIpc) is 2.41. The lowest BCUT2D eigenvalue weighted by Crippen LogP contribution is -2.44. The van der Waals surface area contributed by atoms with Gasteiger partial charge in [0.15, 0.2) is 0 Å². The van der Waals surface area contributed by atoms with Gasteiger partial charge in [-0.2, -0.15) is 13.2 Å². The predicted octanol–water partition coefficient (Wildman–Crippen LogP) is 3.02. The third-order valence-electron chi connectivity index (χ3n) is 3.90. The van der Waals surface area contributed by atoms with Crippen molar-refractivity contribution in [3.8, 4) is 0 Å². The van der Waals surface area contributed by atoms with Crippen molar-refractivity contribution in [3.05, 3.63) is 35.1 Å². The summed E-state index contributed by atoms with van der Waals surface area (Å²) in [4.78, 5) is 4.51. The largest absolute Gasteiger partial charge is 0.419 e. The fourth-order valence-corrected chi connectivity index (χ4v) is 2.56. The summed E-state index contributed by atoms with van der Waals surface area (Å²) in [6.45, 7) is 4.71. The molecule has 0 unspecified atom stereocenters. The number of hydrogen-bond acceptors (Lipinski definition) is 2. The lowest BCUT2D eigenvalue weighted by atomic mass is 10.0. The average molecular weight is 304 g/mol. The first-order valence-corrected chi connectivity index (χ1v) is 7.13.